The highest BCUT2D eigenvalue weighted by Crippen LogP contribution is 2.24. The molecule has 0 saturated heterocycles. The lowest BCUT2D eigenvalue weighted by Gasteiger charge is -2.25. The molecule has 0 fully saturated rings. The minimum Gasteiger partial charge on any atom is -0.457 e. The van der Waals surface area contributed by atoms with Gasteiger partial charge < -0.3 is 19.4 Å². The van der Waals surface area contributed by atoms with E-state index >= 15 is 0 Å². The second-order valence-electron chi connectivity index (χ2n) is 7.20. The number of rotatable bonds is 9. The van der Waals surface area contributed by atoms with E-state index in [0.717, 1.165) is 23.0 Å². The summed E-state index contributed by atoms with van der Waals surface area (Å²) < 4.78 is 5.89. The Morgan fingerprint density at radius 3 is 2.45 bits per heavy atom. The van der Waals surface area contributed by atoms with Crippen LogP contribution in [0.15, 0.2) is 76.8 Å². The van der Waals surface area contributed by atoms with Gasteiger partial charge in [-0.15, -0.1) is 0 Å². The maximum absolute atomic E-state index is 13.1. The van der Waals surface area contributed by atoms with Gasteiger partial charge in [0.15, 0.2) is 0 Å². The van der Waals surface area contributed by atoms with E-state index in [-0.39, 0.29) is 11.6 Å². The third kappa shape index (κ3) is 5.77. The zero-order chi connectivity index (χ0) is 22.2. The molecule has 1 unspecified atom stereocenters. The number of likely N-dealkylation sites (N-methyl/N-ethyl adjacent to an activating group) is 1. The number of aryl methyl sites for hydroxylation is 1. The fraction of sp³-hybridized carbons (Fsp3) is 0.160. The highest BCUT2D eigenvalue weighted by molar-refractivity contribution is 7.78. The number of nitrogens with zero attached hydrogens (tertiary/aromatic N) is 1. The molecule has 0 spiro atoms. The van der Waals surface area contributed by atoms with Crippen molar-refractivity contribution in [2.24, 2.45) is 0 Å². The Kier molecular flexibility index (Phi) is 7.51. The number of carbonyl (C=O) groups excluding carboxylic acids is 2. The molecule has 3 aromatic rings. The van der Waals surface area contributed by atoms with E-state index in [4.69, 9.17) is 16.6 Å². The van der Waals surface area contributed by atoms with Crippen LogP contribution in [-0.4, -0.2) is 35.7 Å². The van der Waals surface area contributed by atoms with Gasteiger partial charge in [0.05, 0.1) is 11.5 Å². The predicted molar refractivity (Wildman–Crippen MR) is 126 cm³/mol. The van der Waals surface area contributed by atoms with Gasteiger partial charge in [-0.05, 0) is 31.0 Å². The van der Waals surface area contributed by atoms with Crippen molar-refractivity contribution in [3.05, 3.63) is 89.3 Å². The number of carbonyl (C=O) groups is 2. The normalized spacial score (nSPS) is 12.1. The average Bonchev–Trinajstić information content (AvgIpc) is 3.26. The van der Waals surface area contributed by atoms with E-state index in [2.05, 4.69) is 5.32 Å². The monoisotopic (exact) mass is 432 g/mol. The molecule has 2 aromatic carbocycles. The van der Waals surface area contributed by atoms with Gasteiger partial charge in [0.1, 0.15) is 23.5 Å². The molecule has 1 heterocycles. The summed E-state index contributed by atoms with van der Waals surface area (Å²) >= 11 is 4.90. The van der Waals surface area contributed by atoms with Crippen LogP contribution in [0, 0.1) is 6.92 Å². The van der Waals surface area contributed by atoms with Crippen molar-refractivity contribution >= 4 is 36.0 Å². The Hall–Kier alpha value is -3.51. The van der Waals surface area contributed by atoms with Crippen molar-refractivity contribution in [3.63, 3.8) is 0 Å². The van der Waals surface area contributed by atoms with Crippen LogP contribution < -0.4 is 5.32 Å². The van der Waals surface area contributed by atoms with Crippen LogP contribution in [0.1, 0.15) is 16.9 Å². The number of amides is 1. The number of thiocarbonyl (C=S) groups is 1. The van der Waals surface area contributed by atoms with E-state index in [9.17, 15) is 9.59 Å². The number of furan rings is 1. The summed E-state index contributed by atoms with van der Waals surface area (Å²) in [5.41, 5.74) is 4.57. The van der Waals surface area contributed by atoms with Gasteiger partial charge in [0.2, 0.25) is 0 Å². The number of hydrogen-bond donors (Lipinski definition) is 1. The fourth-order valence-electron chi connectivity index (χ4n) is 3.15. The molecule has 1 amide bonds. The molecule has 31 heavy (non-hydrogen) atoms. The van der Waals surface area contributed by atoms with Crippen LogP contribution in [0.3, 0.4) is 0 Å². The van der Waals surface area contributed by atoms with Crippen molar-refractivity contribution in [2.75, 3.05) is 7.05 Å². The second-order valence-corrected chi connectivity index (χ2v) is 7.43. The Balaban J connectivity index is 1.80. The Morgan fingerprint density at radius 1 is 1.10 bits per heavy atom. The molecular formula is C25H24N2O3S. The van der Waals surface area contributed by atoms with Gasteiger partial charge in [0, 0.05) is 18.7 Å². The summed E-state index contributed by atoms with van der Waals surface area (Å²) in [5.74, 6) is 0.841. The Labute approximate surface area is 187 Å². The molecular weight excluding hydrogens is 408 g/mol. The standard InChI is InChI=1S/C25H24N2O3S/c1-18-8-10-20(11-9-18)24-13-12-22(30-24)15-23(26-17-31)25(29)27(2)21(16-28)14-19-6-4-3-5-7-19/h3-13,15-17,21H,14H2,1-2H3,(H,26,31)/b23-15+. The third-order valence-corrected chi connectivity index (χ3v) is 5.07. The highest BCUT2D eigenvalue weighted by Gasteiger charge is 2.23. The number of nitrogens with one attached hydrogen (secondary N) is 1. The van der Waals surface area contributed by atoms with Crippen LogP contribution in [-0.2, 0) is 16.0 Å². The van der Waals surface area contributed by atoms with E-state index in [1.165, 1.54) is 10.4 Å². The molecule has 0 bridgehead atoms. The first-order valence-corrected chi connectivity index (χ1v) is 10.3. The van der Waals surface area contributed by atoms with E-state index in [0.29, 0.717) is 17.9 Å². The van der Waals surface area contributed by atoms with Crippen molar-refractivity contribution < 1.29 is 14.0 Å². The molecule has 1 atom stereocenters. The van der Waals surface area contributed by atoms with Crippen LogP contribution in [0.25, 0.3) is 17.4 Å². The maximum Gasteiger partial charge on any atom is 0.270 e. The van der Waals surface area contributed by atoms with Crippen molar-refractivity contribution in [1.29, 1.82) is 0 Å². The smallest absolute Gasteiger partial charge is 0.270 e. The first-order chi connectivity index (χ1) is 15.0. The first-order valence-electron chi connectivity index (χ1n) is 9.87. The lowest BCUT2D eigenvalue weighted by Crippen LogP contribution is -2.42. The highest BCUT2D eigenvalue weighted by atomic mass is 32.1. The Bertz CT molecular complexity index is 1070. The van der Waals surface area contributed by atoms with Gasteiger partial charge in [-0.2, -0.15) is 0 Å². The second kappa shape index (κ2) is 10.5. The average molecular weight is 433 g/mol. The molecule has 5 nitrogen and oxygen atoms in total. The Morgan fingerprint density at radius 2 is 1.81 bits per heavy atom. The topological polar surface area (TPSA) is 62.6 Å². The minimum absolute atomic E-state index is 0.224. The molecule has 158 valence electrons. The molecule has 1 N–H and O–H groups in total. The van der Waals surface area contributed by atoms with Crippen molar-refractivity contribution in [1.82, 2.24) is 10.2 Å². The van der Waals surface area contributed by atoms with Crippen molar-refractivity contribution in [2.45, 2.75) is 19.4 Å². The first kappa shape index (κ1) is 22.2. The lowest BCUT2D eigenvalue weighted by atomic mass is 10.1. The van der Waals surface area contributed by atoms with E-state index in [1.807, 2.05) is 67.6 Å². The van der Waals surface area contributed by atoms with Crippen LogP contribution in [0.4, 0.5) is 0 Å². The van der Waals surface area contributed by atoms with E-state index in [1.54, 1.807) is 19.2 Å². The predicted octanol–water partition coefficient (Wildman–Crippen LogP) is 4.41. The largest absolute Gasteiger partial charge is 0.457 e. The van der Waals surface area contributed by atoms with E-state index < -0.39 is 6.04 Å². The summed E-state index contributed by atoms with van der Waals surface area (Å²) in [6, 6.07) is 20.6. The molecule has 0 saturated carbocycles. The summed E-state index contributed by atoms with van der Waals surface area (Å²) in [6.45, 7) is 2.02. The van der Waals surface area contributed by atoms with Crippen molar-refractivity contribution in [3.8, 4) is 11.3 Å². The lowest BCUT2D eigenvalue weighted by molar-refractivity contribution is -0.131. The maximum atomic E-state index is 13.1. The SMILES string of the molecule is Cc1ccc(-c2ccc(/C=C(/NC=S)C(=O)N(C)C(C=O)Cc3ccccc3)o2)cc1. The van der Waals surface area contributed by atoms with Gasteiger partial charge in [0.25, 0.3) is 5.91 Å². The third-order valence-electron chi connectivity index (χ3n) is 4.96. The number of benzene rings is 2. The molecule has 0 aliphatic rings. The van der Waals surface area contributed by atoms with Gasteiger partial charge >= 0.3 is 0 Å². The van der Waals surface area contributed by atoms with Crippen LogP contribution in [0.2, 0.25) is 0 Å². The van der Waals surface area contributed by atoms with Gasteiger partial charge in [-0.25, -0.2) is 0 Å². The summed E-state index contributed by atoms with van der Waals surface area (Å²) in [7, 11) is 1.60. The van der Waals surface area contributed by atoms with Gasteiger partial charge in [-0.3, -0.25) is 4.79 Å². The number of aldehydes is 1. The molecule has 6 heteroatoms. The van der Waals surface area contributed by atoms with Crippen LogP contribution >= 0.6 is 12.2 Å². The molecule has 0 aliphatic heterocycles. The molecule has 0 radical (unpaired) electrons. The fourth-order valence-corrected chi connectivity index (χ4v) is 3.27. The molecule has 3 rings (SSSR count). The zero-order valence-corrected chi connectivity index (χ0v) is 18.3. The quantitative estimate of drug-likeness (QED) is 0.308. The van der Waals surface area contributed by atoms with Gasteiger partial charge in [-0.1, -0.05) is 72.4 Å². The van der Waals surface area contributed by atoms with Crippen LogP contribution in [0.5, 0.6) is 0 Å². The summed E-state index contributed by atoms with van der Waals surface area (Å²) in [6.07, 6.45) is 2.79. The summed E-state index contributed by atoms with van der Waals surface area (Å²) in [4.78, 5) is 26.2. The summed E-state index contributed by atoms with van der Waals surface area (Å²) in [5, 5.41) is 2.79. The molecule has 1 aromatic heterocycles. The minimum atomic E-state index is -0.607. The molecule has 0 aliphatic carbocycles. The zero-order valence-electron chi connectivity index (χ0n) is 17.4. The number of hydrogen-bond acceptors (Lipinski definition) is 4.